The maximum atomic E-state index is 13.6. The minimum Gasteiger partial charge on any atom is -0.457 e. The summed E-state index contributed by atoms with van der Waals surface area (Å²) in [6.45, 7) is 1.52. The number of carbonyl (C=O) groups is 1. The maximum Gasteiger partial charge on any atom is 0.338 e. The predicted molar refractivity (Wildman–Crippen MR) is 83.8 cm³/mol. The van der Waals surface area contributed by atoms with Crippen LogP contribution in [0.15, 0.2) is 34.8 Å². The molecule has 2 rings (SSSR count). The second-order valence-corrected chi connectivity index (χ2v) is 5.83. The highest BCUT2D eigenvalue weighted by Gasteiger charge is 2.15. The van der Waals surface area contributed by atoms with E-state index in [1.165, 1.54) is 18.2 Å². The average molecular weight is 373 g/mol. The topological polar surface area (TPSA) is 52.3 Å². The number of esters is 1. The molecule has 0 saturated carbocycles. The summed E-state index contributed by atoms with van der Waals surface area (Å²) in [4.78, 5) is 12.1. The molecule has 0 heterocycles. The van der Waals surface area contributed by atoms with E-state index >= 15 is 0 Å². The Bertz CT molecular complexity index is 706. The molecule has 0 amide bonds. The van der Waals surface area contributed by atoms with Crippen molar-refractivity contribution in [1.29, 1.82) is 0 Å². The molecule has 0 atom stereocenters. The lowest BCUT2D eigenvalue weighted by molar-refractivity contribution is 0.0468. The van der Waals surface area contributed by atoms with Crippen molar-refractivity contribution in [1.82, 2.24) is 0 Å². The van der Waals surface area contributed by atoms with Crippen molar-refractivity contribution in [2.45, 2.75) is 13.5 Å². The normalized spacial score (nSPS) is 10.5. The summed E-state index contributed by atoms with van der Waals surface area (Å²) in [5, 5.41) is 0.380. The van der Waals surface area contributed by atoms with Gasteiger partial charge in [-0.05, 0) is 42.8 Å². The highest BCUT2D eigenvalue weighted by atomic mass is 79.9. The highest BCUT2D eigenvalue weighted by molar-refractivity contribution is 9.10. The number of rotatable bonds is 3. The first-order valence-corrected chi connectivity index (χ1v) is 7.22. The molecule has 21 heavy (non-hydrogen) atoms. The van der Waals surface area contributed by atoms with Gasteiger partial charge in [-0.2, -0.15) is 0 Å². The van der Waals surface area contributed by atoms with Gasteiger partial charge in [0.05, 0.1) is 5.56 Å². The van der Waals surface area contributed by atoms with Crippen molar-refractivity contribution >= 4 is 39.2 Å². The molecule has 0 aliphatic rings. The number of hydrogen-bond acceptors (Lipinski definition) is 3. The van der Waals surface area contributed by atoms with Crippen LogP contribution in [0.25, 0.3) is 0 Å². The molecule has 3 nitrogen and oxygen atoms in total. The number of hydrogen-bond donors (Lipinski definition) is 1. The van der Waals surface area contributed by atoms with Gasteiger partial charge < -0.3 is 10.5 Å². The van der Waals surface area contributed by atoms with Gasteiger partial charge >= 0.3 is 5.97 Å². The summed E-state index contributed by atoms with van der Waals surface area (Å²) >= 11 is 9.05. The summed E-state index contributed by atoms with van der Waals surface area (Å²) in [5.41, 5.74) is 7.45. The standard InChI is InChI=1S/C15H12BrClFNO2/c1-8-12(5-10(16)6-14(8)19)15(20)21-7-9-4-11(17)2-3-13(9)18/h2-6H,7,19H2,1H3. The molecule has 6 heteroatoms. The van der Waals surface area contributed by atoms with E-state index in [0.717, 1.165) is 0 Å². The lowest BCUT2D eigenvalue weighted by Gasteiger charge is -2.10. The van der Waals surface area contributed by atoms with Crippen molar-refractivity contribution in [2.24, 2.45) is 0 Å². The molecule has 110 valence electrons. The fourth-order valence-corrected chi connectivity index (χ4v) is 2.46. The second kappa shape index (κ2) is 6.45. The molecule has 0 aliphatic heterocycles. The van der Waals surface area contributed by atoms with Crippen LogP contribution in [-0.2, 0) is 11.3 Å². The third-order valence-electron chi connectivity index (χ3n) is 3.00. The third-order valence-corrected chi connectivity index (χ3v) is 3.69. The quantitative estimate of drug-likeness (QED) is 0.638. The summed E-state index contributed by atoms with van der Waals surface area (Å²) in [5.74, 6) is -1.04. The Balaban J connectivity index is 2.17. The zero-order valence-electron chi connectivity index (χ0n) is 11.1. The van der Waals surface area contributed by atoms with Crippen LogP contribution < -0.4 is 5.73 Å². The first kappa shape index (κ1) is 15.8. The van der Waals surface area contributed by atoms with E-state index in [-0.39, 0.29) is 12.2 Å². The molecule has 0 radical (unpaired) electrons. The summed E-state index contributed by atoms with van der Waals surface area (Å²) in [7, 11) is 0. The molecule has 0 unspecified atom stereocenters. The zero-order chi connectivity index (χ0) is 15.6. The molecule has 0 aliphatic carbocycles. The first-order valence-electron chi connectivity index (χ1n) is 6.05. The highest BCUT2D eigenvalue weighted by Crippen LogP contribution is 2.24. The Morgan fingerprint density at radius 2 is 2.10 bits per heavy atom. The number of benzene rings is 2. The van der Waals surface area contributed by atoms with Crippen LogP contribution >= 0.6 is 27.5 Å². The van der Waals surface area contributed by atoms with Crippen LogP contribution in [0.1, 0.15) is 21.5 Å². The fourth-order valence-electron chi connectivity index (χ4n) is 1.79. The van der Waals surface area contributed by atoms with Gasteiger partial charge in [0.25, 0.3) is 0 Å². The lowest BCUT2D eigenvalue weighted by Crippen LogP contribution is -2.09. The van der Waals surface area contributed by atoms with Crippen molar-refractivity contribution < 1.29 is 13.9 Å². The Morgan fingerprint density at radius 1 is 1.38 bits per heavy atom. The third kappa shape index (κ3) is 3.74. The first-order chi connectivity index (χ1) is 9.88. The molecule has 0 saturated heterocycles. The van der Waals surface area contributed by atoms with Gasteiger partial charge in [-0.3, -0.25) is 0 Å². The molecule has 2 aromatic rings. The summed E-state index contributed by atoms with van der Waals surface area (Å²) in [6, 6.07) is 7.40. The van der Waals surface area contributed by atoms with Crippen molar-refractivity contribution in [3.8, 4) is 0 Å². The molecule has 0 aromatic heterocycles. The number of anilines is 1. The Labute approximate surface area is 135 Å². The van der Waals surface area contributed by atoms with Crippen LogP contribution in [0.5, 0.6) is 0 Å². The van der Waals surface area contributed by atoms with E-state index in [1.54, 1.807) is 19.1 Å². The van der Waals surface area contributed by atoms with Gasteiger partial charge in [0, 0.05) is 20.7 Å². The minimum atomic E-state index is -0.570. The minimum absolute atomic E-state index is 0.197. The van der Waals surface area contributed by atoms with Crippen molar-refractivity contribution in [2.75, 3.05) is 5.73 Å². The van der Waals surface area contributed by atoms with Gasteiger partial charge in [0.2, 0.25) is 0 Å². The molecular weight excluding hydrogens is 361 g/mol. The van der Waals surface area contributed by atoms with Gasteiger partial charge in [0.1, 0.15) is 12.4 Å². The predicted octanol–water partition coefficient (Wildman–Crippen LogP) is 4.49. The number of nitrogens with two attached hydrogens (primary N) is 1. The van der Waals surface area contributed by atoms with E-state index in [0.29, 0.717) is 26.3 Å². The van der Waals surface area contributed by atoms with Crippen LogP contribution in [0.4, 0.5) is 10.1 Å². The van der Waals surface area contributed by atoms with Crippen molar-refractivity contribution in [3.05, 3.63) is 62.3 Å². The van der Waals surface area contributed by atoms with E-state index in [2.05, 4.69) is 15.9 Å². The Hall–Kier alpha value is -1.59. The van der Waals surface area contributed by atoms with Crippen LogP contribution in [0.3, 0.4) is 0 Å². The van der Waals surface area contributed by atoms with E-state index in [9.17, 15) is 9.18 Å². The van der Waals surface area contributed by atoms with E-state index in [1.807, 2.05) is 0 Å². The maximum absolute atomic E-state index is 13.6. The Kier molecular flexibility index (Phi) is 4.85. The zero-order valence-corrected chi connectivity index (χ0v) is 13.5. The molecule has 2 aromatic carbocycles. The van der Waals surface area contributed by atoms with Crippen LogP contribution in [-0.4, -0.2) is 5.97 Å². The molecule has 2 N–H and O–H groups in total. The Morgan fingerprint density at radius 3 is 2.81 bits per heavy atom. The van der Waals surface area contributed by atoms with Crippen LogP contribution in [0, 0.1) is 12.7 Å². The largest absolute Gasteiger partial charge is 0.457 e. The molecule has 0 fully saturated rings. The fraction of sp³-hybridized carbons (Fsp3) is 0.133. The number of ether oxygens (including phenoxy) is 1. The van der Waals surface area contributed by atoms with E-state index < -0.39 is 11.8 Å². The SMILES string of the molecule is Cc1c(N)cc(Br)cc1C(=O)OCc1cc(Cl)ccc1F. The second-order valence-electron chi connectivity index (χ2n) is 4.48. The number of nitrogen functional groups attached to an aromatic ring is 1. The monoisotopic (exact) mass is 371 g/mol. The summed E-state index contributed by atoms with van der Waals surface area (Å²) in [6.07, 6.45) is 0. The smallest absolute Gasteiger partial charge is 0.338 e. The van der Waals surface area contributed by atoms with Gasteiger partial charge in [0.15, 0.2) is 0 Å². The average Bonchev–Trinajstić information content (AvgIpc) is 2.43. The number of halogens is 3. The summed E-state index contributed by atoms with van der Waals surface area (Å²) < 4.78 is 19.4. The van der Waals surface area contributed by atoms with Gasteiger partial charge in [-0.15, -0.1) is 0 Å². The van der Waals surface area contributed by atoms with Crippen molar-refractivity contribution in [3.63, 3.8) is 0 Å². The molecule has 0 bridgehead atoms. The van der Waals surface area contributed by atoms with Crippen LogP contribution in [0.2, 0.25) is 5.02 Å². The van der Waals surface area contributed by atoms with E-state index in [4.69, 9.17) is 22.1 Å². The van der Waals surface area contributed by atoms with Gasteiger partial charge in [-0.25, -0.2) is 9.18 Å². The van der Waals surface area contributed by atoms with Gasteiger partial charge in [-0.1, -0.05) is 27.5 Å². The molecule has 0 spiro atoms. The molecular formula is C15H12BrClFNO2. The number of carbonyl (C=O) groups excluding carboxylic acids is 1. The lowest BCUT2D eigenvalue weighted by atomic mass is 10.1.